The van der Waals surface area contributed by atoms with Crippen LogP contribution in [0.1, 0.15) is 21.3 Å². The Bertz CT molecular complexity index is 972. The molecule has 0 aliphatic heterocycles. The number of primary amides is 1. The van der Waals surface area contributed by atoms with Crippen LogP contribution in [0.25, 0.3) is 10.1 Å². The minimum atomic E-state index is -1.21. The van der Waals surface area contributed by atoms with E-state index in [9.17, 15) is 9.59 Å². The summed E-state index contributed by atoms with van der Waals surface area (Å²) in [6.45, 7) is 0. The van der Waals surface area contributed by atoms with Gasteiger partial charge < -0.3 is 10.5 Å². The fraction of sp³-hybridized carbons (Fsp3) is 0.0588. The van der Waals surface area contributed by atoms with E-state index in [0.29, 0.717) is 25.7 Å². The van der Waals surface area contributed by atoms with Gasteiger partial charge in [0.05, 0.1) is 10.0 Å². The van der Waals surface area contributed by atoms with Crippen molar-refractivity contribution in [3.8, 4) is 0 Å². The van der Waals surface area contributed by atoms with Crippen LogP contribution in [0.2, 0.25) is 15.1 Å². The molecular formula is C17H10Cl3NO3S. The van der Waals surface area contributed by atoms with Crippen LogP contribution in [0.3, 0.4) is 0 Å². The van der Waals surface area contributed by atoms with E-state index < -0.39 is 18.0 Å². The highest BCUT2D eigenvalue weighted by Gasteiger charge is 2.27. The van der Waals surface area contributed by atoms with E-state index in [1.54, 1.807) is 36.4 Å². The number of thiophene rings is 1. The average Bonchev–Trinajstić information content (AvgIpc) is 2.89. The zero-order valence-corrected chi connectivity index (χ0v) is 15.5. The third kappa shape index (κ3) is 3.60. The van der Waals surface area contributed by atoms with E-state index in [1.807, 2.05) is 0 Å². The van der Waals surface area contributed by atoms with Crippen LogP contribution in [0, 0.1) is 0 Å². The first kappa shape index (κ1) is 18.0. The van der Waals surface area contributed by atoms with Crippen molar-refractivity contribution in [2.24, 2.45) is 5.73 Å². The Kier molecular flexibility index (Phi) is 5.20. The van der Waals surface area contributed by atoms with Crippen LogP contribution in [0.15, 0.2) is 42.5 Å². The molecule has 2 aromatic carbocycles. The number of halogens is 3. The number of fused-ring (bicyclic) bond motifs is 1. The van der Waals surface area contributed by atoms with Gasteiger partial charge in [0.2, 0.25) is 6.10 Å². The van der Waals surface area contributed by atoms with Crippen molar-refractivity contribution < 1.29 is 14.3 Å². The summed E-state index contributed by atoms with van der Waals surface area (Å²) in [6, 6.07) is 11.7. The number of benzene rings is 2. The van der Waals surface area contributed by atoms with Crippen molar-refractivity contribution in [2.75, 3.05) is 0 Å². The van der Waals surface area contributed by atoms with Crippen LogP contribution in [-0.4, -0.2) is 11.9 Å². The molecule has 0 aliphatic rings. The summed E-state index contributed by atoms with van der Waals surface area (Å²) >= 11 is 19.5. The lowest BCUT2D eigenvalue weighted by Gasteiger charge is -2.14. The average molecular weight is 415 g/mol. The summed E-state index contributed by atoms with van der Waals surface area (Å²) in [7, 11) is 0. The van der Waals surface area contributed by atoms with Crippen LogP contribution < -0.4 is 5.73 Å². The largest absolute Gasteiger partial charge is 0.443 e. The maximum atomic E-state index is 12.5. The van der Waals surface area contributed by atoms with E-state index >= 15 is 0 Å². The Labute approximate surface area is 162 Å². The lowest BCUT2D eigenvalue weighted by molar-refractivity contribution is -0.127. The molecule has 3 rings (SSSR count). The minimum absolute atomic E-state index is 0.128. The SMILES string of the molecule is NC(=O)[C@@H](OC(=O)c1sc2cc(Cl)cc(Cl)c2c1Cl)c1ccccc1. The van der Waals surface area contributed by atoms with E-state index in [-0.39, 0.29) is 9.90 Å². The molecule has 4 nitrogen and oxygen atoms in total. The second-order valence-electron chi connectivity index (χ2n) is 5.10. The summed E-state index contributed by atoms with van der Waals surface area (Å²) < 4.78 is 5.94. The molecule has 25 heavy (non-hydrogen) atoms. The number of amides is 1. The second-order valence-corrected chi connectivity index (χ2v) is 7.38. The predicted molar refractivity (Wildman–Crippen MR) is 101 cm³/mol. The maximum Gasteiger partial charge on any atom is 0.351 e. The Balaban J connectivity index is 1.98. The van der Waals surface area contributed by atoms with Gasteiger partial charge in [-0.3, -0.25) is 4.79 Å². The van der Waals surface area contributed by atoms with E-state index in [1.165, 1.54) is 6.07 Å². The number of hydrogen-bond donors (Lipinski definition) is 1. The zero-order chi connectivity index (χ0) is 18.1. The van der Waals surface area contributed by atoms with Crippen molar-refractivity contribution in [1.82, 2.24) is 0 Å². The number of carbonyl (C=O) groups is 2. The number of esters is 1. The monoisotopic (exact) mass is 413 g/mol. The first-order chi connectivity index (χ1) is 11.9. The Morgan fingerprint density at radius 2 is 1.76 bits per heavy atom. The fourth-order valence-electron chi connectivity index (χ4n) is 2.32. The third-order valence-electron chi connectivity index (χ3n) is 3.42. The molecule has 0 bridgehead atoms. The quantitative estimate of drug-likeness (QED) is 0.593. The van der Waals surface area contributed by atoms with Gasteiger partial charge >= 0.3 is 5.97 Å². The molecule has 1 atom stereocenters. The molecule has 128 valence electrons. The van der Waals surface area contributed by atoms with Crippen molar-refractivity contribution in [3.63, 3.8) is 0 Å². The molecule has 0 fully saturated rings. The number of hydrogen-bond acceptors (Lipinski definition) is 4. The highest BCUT2D eigenvalue weighted by atomic mass is 35.5. The standard InChI is InChI=1S/C17H10Cl3NO3S/c18-9-6-10(19)12-11(7-9)25-15(13(12)20)17(23)24-14(16(21)22)8-4-2-1-3-5-8/h1-7,14H,(H2,21,22)/t14-/m0/s1. The number of ether oxygens (including phenoxy) is 1. The smallest absolute Gasteiger partial charge is 0.351 e. The lowest BCUT2D eigenvalue weighted by Crippen LogP contribution is -2.26. The zero-order valence-electron chi connectivity index (χ0n) is 12.5. The molecule has 0 aliphatic carbocycles. The molecule has 1 aromatic heterocycles. The minimum Gasteiger partial charge on any atom is -0.443 e. The fourth-order valence-corrected chi connectivity index (χ4v) is 4.57. The number of nitrogens with two attached hydrogens (primary N) is 1. The first-order valence-corrected chi connectivity index (χ1v) is 8.96. The highest BCUT2D eigenvalue weighted by molar-refractivity contribution is 7.21. The second kappa shape index (κ2) is 7.22. The maximum absolute atomic E-state index is 12.5. The van der Waals surface area contributed by atoms with Gasteiger partial charge in [0.15, 0.2) is 0 Å². The summed E-state index contributed by atoms with van der Waals surface area (Å²) in [5, 5.41) is 1.43. The van der Waals surface area contributed by atoms with Crippen LogP contribution in [-0.2, 0) is 9.53 Å². The highest BCUT2D eigenvalue weighted by Crippen LogP contribution is 2.41. The van der Waals surface area contributed by atoms with Crippen molar-refractivity contribution in [3.05, 3.63) is 68.0 Å². The molecule has 1 heterocycles. The van der Waals surface area contributed by atoms with Gasteiger partial charge in [-0.25, -0.2) is 4.79 Å². The Morgan fingerprint density at radius 1 is 1.08 bits per heavy atom. The molecule has 0 saturated carbocycles. The summed E-state index contributed by atoms with van der Waals surface area (Å²) in [5.74, 6) is -1.54. The van der Waals surface area contributed by atoms with Crippen molar-refractivity contribution >= 4 is 68.1 Å². The van der Waals surface area contributed by atoms with Crippen LogP contribution in [0.4, 0.5) is 0 Å². The molecule has 0 unspecified atom stereocenters. The Morgan fingerprint density at radius 3 is 2.40 bits per heavy atom. The predicted octanol–water partition coefficient (Wildman–Crippen LogP) is 5.24. The lowest BCUT2D eigenvalue weighted by atomic mass is 10.1. The molecule has 3 aromatic rings. The van der Waals surface area contributed by atoms with Crippen LogP contribution in [0.5, 0.6) is 0 Å². The summed E-state index contributed by atoms with van der Waals surface area (Å²) in [4.78, 5) is 24.4. The molecule has 0 radical (unpaired) electrons. The van der Waals surface area contributed by atoms with Crippen molar-refractivity contribution in [2.45, 2.75) is 6.10 Å². The molecule has 8 heteroatoms. The van der Waals surface area contributed by atoms with Crippen LogP contribution >= 0.6 is 46.1 Å². The van der Waals surface area contributed by atoms with Crippen molar-refractivity contribution in [1.29, 1.82) is 0 Å². The summed E-state index contributed by atoms with van der Waals surface area (Å²) in [5.41, 5.74) is 5.84. The van der Waals surface area contributed by atoms with E-state index in [0.717, 1.165) is 11.3 Å². The normalized spacial score (nSPS) is 12.1. The van der Waals surface area contributed by atoms with Gasteiger partial charge in [0.25, 0.3) is 5.91 Å². The van der Waals surface area contributed by atoms with Gasteiger partial charge in [-0.05, 0) is 12.1 Å². The van der Waals surface area contributed by atoms with Gasteiger partial charge in [-0.2, -0.15) is 0 Å². The Hall–Kier alpha value is -1.79. The molecular weight excluding hydrogens is 405 g/mol. The molecule has 0 saturated heterocycles. The molecule has 1 amide bonds. The van der Waals surface area contributed by atoms with E-state index in [2.05, 4.69) is 0 Å². The summed E-state index contributed by atoms with van der Waals surface area (Å²) in [6.07, 6.45) is -1.21. The van der Waals surface area contributed by atoms with Gasteiger partial charge in [-0.15, -0.1) is 11.3 Å². The topological polar surface area (TPSA) is 69.4 Å². The first-order valence-electron chi connectivity index (χ1n) is 7.00. The third-order valence-corrected chi connectivity index (χ3v) is 5.54. The molecule has 0 spiro atoms. The van der Waals surface area contributed by atoms with Gasteiger partial charge in [-0.1, -0.05) is 65.1 Å². The number of carbonyl (C=O) groups excluding carboxylic acids is 2. The number of rotatable bonds is 4. The van der Waals surface area contributed by atoms with Gasteiger partial charge in [0.1, 0.15) is 4.88 Å². The van der Waals surface area contributed by atoms with Gasteiger partial charge in [0, 0.05) is 20.7 Å². The molecule has 2 N–H and O–H groups in total. The van der Waals surface area contributed by atoms with E-state index in [4.69, 9.17) is 45.3 Å².